The van der Waals surface area contributed by atoms with Crippen LogP contribution in [0.15, 0.2) is 34.7 Å². The van der Waals surface area contributed by atoms with Crippen LogP contribution in [0.3, 0.4) is 0 Å². The number of hydrogen-bond donors (Lipinski definition) is 0. The van der Waals surface area contributed by atoms with Crippen LogP contribution in [0.25, 0.3) is 0 Å². The Bertz CT molecular complexity index is 745. The number of thiazole rings is 1. The minimum Gasteiger partial charge on any atom is -0.371 e. The Morgan fingerprint density at radius 1 is 1.25 bits per heavy atom. The molecule has 106 valence electrons. The van der Waals surface area contributed by atoms with Gasteiger partial charge in [-0.15, -0.1) is 0 Å². The van der Waals surface area contributed by atoms with E-state index in [2.05, 4.69) is 4.98 Å². The molecule has 20 heavy (non-hydrogen) atoms. The van der Waals surface area contributed by atoms with Gasteiger partial charge in [-0.3, -0.25) is 4.31 Å². The highest BCUT2D eigenvalue weighted by Crippen LogP contribution is 2.36. The van der Waals surface area contributed by atoms with E-state index in [1.165, 1.54) is 10.5 Å². The summed E-state index contributed by atoms with van der Waals surface area (Å²) in [5.41, 5.74) is 1.59. The molecule has 2 heterocycles. The summed E-state index contributed by atoms with van der Waals surface area (Å²) >= 11 is 6.72. The van der Waals surface area contributed by atoms with Crippen LogP contribution in [0, 0.1) is 0 Å². The highest BCUT2D eigenvalue weighted by molar-refractivity contribution is 7.94. The first-order valence-corrected chi connectivity index (χ1v) is 8.58. The molecule has 5 nitrogen and oxygen atoms in total. The molecule has 0 amide bonds. The Morgan fingerprint density at radius 2 is 1.95 bits per heavy atom. The predicted molar refractivity (Wildman–Crippen MR) is 81.4 cm³/mol. The van der Waals surface area contributed by atoms with Crippen molar-refractivity contribution in [1.29, 1.82) is 0 Å². The molecule has 0 bridgehead atoms. The van der Waals surface area contributed by atoms with Gasteiger partial charge in [0.2, 0.25) is 0 Å². The maximum absolute atomic E-state index is 12.7. The number of hydrogen-bond acceptors (Lipinski definition) is 5. The van der Waals surface area contributed by atoms with Gasteiger partial charge < -0.3 is 4.90 Å². The molecular weight excluding hydrogens is 318 g/mol. The molecule has 0 N–H and O–H groups in total. The van der Waals surface area contributed by atoms with E-state index in [1.807, 2.05) is 36.2 Å². The van der Waals surface area contributed by atoms with Gasteiger partial charge in [0.1, 0.15) is 0 Å². The van der Waals surface area contributed by atoms with Crippen LogP contribution in [-0.2, 0) is 10.0 Å². The third-order valence-corrected chi connectivity index (χ3v) is 6.57. The van der Waals surface area contributed by atoms with Crippen LogP contribution in [-0.4, -0.2) is 33.5 Å². The Kier molecular flexibility index (Phi) is 3.35. The predicted octanol–water partition coefficient (Wildman–Crippen LogP) is 2.44. The molecule has 0 unspecified atom stereocenters. The maximum atomic E-state index is 12.7. The van der Waals surface area contributed by atoms with E-state index < -0.39 is 10.0 Å². The summed E-state index contributed by atoms with van der Waals surface area (Å²) in [6.45, 7) is 1.05. The zero-order valence-electron chi connectivity index (χ0n) is 10.7. The van der Waals surface area contributed by atoms with E-state index in [-0.39, 0.29) is 8.68 Å². The van der Waals surface area contributed by atoms with Crippen LogP contribution < -0.4 is 9.21 Å². The average Bonchev–Trinajstić information content (AvgIpc) is 2.87. The molecule has 2 aromatic rings. The molecule has 8 heteroatoms. The second-order valence-electron chi connectivity index (χ2n) is 4.42. The molecule has 0 atom stereocenters. The Morgan fingerprint density at radius 3 is 2.60 bits per heavy atom. The van der Waals surface area contributed by atoms with Crippen molar-refractivity contribution in [3.8, 4) is 0 Å². The number of anilines is 2. The van der Waals surface area contributed by atoms with Gasteiger partial charge in [-0.2, -0.15) is 0 Å². The molecular formula is C12H12ClN3O2S2. The van der Waals surface area contributed by atoms with E-state index in [1.54, 1.807) is 0 Å². The first-order valence-electron chi connectivity index (χ1n) is 5.94. The van der Waals surface area contributed by atoms with Gasteiger partial charge in [-0.1, -0.05) is 35.1 Å². The first kappa shape index (κ1) is 13.7. The number of para-hydroxylation sites is 2. The molecule has 0 saturated heterocycles. The van der Waals surface area contributed by atoms with Crippen molar-refractivity contribution >= 4 is 44.3 Å². The fourth-order valence-electron chi connectivity index (χ4n) is 2.20. The van der Waals surface area contributed by atoms with Crippen molar-refractivity contribution in [3.63, 3.8) is 0 Å². The van der Waals surface area contributed by atoms with Crippen molar-refractivity contribution in [2.45, 2.75) is 4.21 Å². The summed E-state index contributed by atoms with van der Waals surface area (Å²) in [4.78, 5) is 5.86. The number of sulfonamides is 1. The number of halogens is 1. The van der Waals surface area contributed by atoms with Crippen molar-refractivity contribution in [2.24, 2.45) is 0 Å². The summed E-state index contributed by atoms with van der Waals surface area (Å²) in [6, 6.07) is 7.46. The third kappa shape index (κ3) is 2.15. The largest absolute Gasteiger partial charge is 0.371 e. The number of benzene rings is 1. The quantitative estimate of drug-likeness (QED) is 0.849. The lowest BCUT2D eigenvalue weighted by molar-refractivity contribution is 0.591. The van der Waals surface area contributed by atoms with E-state index in [9.17, 15) is 8.42 Å². The Hall–Kier alpha value is -1.31. The molecule has 1 aliphatic rings. The highest BCUT2D eigenvalue weighted by Gasteiger charge is 2.32. The molecule has 0 fully saturated rings. The zero-order valence-corrected chi connectivity index (χ0v) is 13.0. The number of aromatic nitrogens is 1. The van der Waals surface area contributed by atoms with Gasteiger partial charge in [0.05, 0.1) is 24.1 Å². The van der Waals surface area contributed by atoms with E-state index >= 15 is 0 Å². The van der Waals surface area contributed by atoms with Crippen LogP contribution in [0.2, 0.25) is 4.47 Å². The second kappa shape index (κ2) is 4.91. The van der Waals surface area contributed by atoms with Crippen LogP contribution >= 0.6 is 22.9 Å². The topological polar surface area (TPSA) is 53.5 Å². The fourth-order valence-corrected chi connectivity index (χ4v) is 5.07. The molecule has 1 aromatic carbocycles. The molecule has 0 saturated carbocycles. The number of rotatable bonds is 2. The standard InChI is InChI=1S/C12H12ClN3O2S2/c1-15-6-7-16(10-5-3-2-4-9(10)15)20(17,18)11-8-14-12(13)19-11/h2-5,8H,6-7H2,1H3. The Labute approximate surface area is 126 Å². The SMILES string of the molecule is CN1CCN(S(=O)(=O)c2cnc(Cl)s2)c2ccccc21. The third-order valence-electron chi connectivity index (χ3n) is 3.20. The van der Waals surface area contributed by atoms with E-state index in [4.69, 9.17) is 11.6 Å². The first-order chi connectivity index (χ1) is 9.50. The van der Waals surface area contributed by atoms with Crippen LogP contribution in [0.4, 0.5) is 11.4 Å². The minimum atomic E-state index is -3.60. The summed E-state index contributed by atoms with van der Waals surface area (Å²) < 4.78 is 27.2. The second-order valence-corrected chi connectivity index (χ2v) is 8.12. The average molecular weight is 330 g/mol. The number of fused-ring (bicyclic) bond motifs is 1. The summed E-state index contributed by atoms with van der Waals surface area (Å²) in [7, 11) is -1.65. The van der Waals surface area contributed by atoms with Crippen molar-refractivity contribution in [3.05, 3.63) is 34.9 Å². The normalized spacial score (nSPS) is 15.3. The van der Waals surface area contributed by atoms with Crippen LogP contribution in [0.5, 0.6) is 0 Å². The lowest BCUT2D eigenvalue weighted by atomic mass is 10.2. The summed E-state index contributed by atoms with van der Waals surface area (Å²) in [5.74, 6) is 0. The maximum Gasteiger partial charge on any atom is 0.275 e. The molecule has 3 rings (SSSR count). The molecule has 1 aromatic heterocycles. The van der Waals surface area contributed by atoms with Gasteiger partial charge in [0.25, 0.3) is 10.0 Å². The molecule has 0 radical (unpaired) electrons. The van der Waals surface area contributed by atoms with Gasteiger partial charge in [-0.05, 0) is 12.1 Å². The lowest BCUT2D eigenvalue weighted by Crippen LogP contribution is -2.42. The van der Waals surface area contributed by atoms with Gasteiger partial charge >= 0.3 is 0 Å². The van der Waals surface area contributed by atoms with Gasteiger partial charge in [0.15, 0.2) is 8.68 Å². The van der Waals surface area contributed by atoms with Crippen LogP contribution in [0.1, 0.15) is 0 Å². The Balaban J connectivity index is 2.10. The lowest BCUT2D eigenvalue weighted by Gasteiger charge is -2.35. The fraction of sp³-hybridized carbons (Fsp3) is 0.250. The monoisotopic (exact) mass is 329 g/mol. The van der Waals surface area contributed by atoms with Gasteiger partial charge in [-0.25, -0.2) is 13.4 Å². The van der Waals surface area contributed by atoms with E-state index in [0.717, 1.165) is 17.0 Å². The smallest absolute Gasteiger partial charge is 0.275 e. The number of nitrogens with zero attached hydrogens (tertiary/aromatic N) is 3. The number of likely N-dealkylation sites (N-methyl/N-ethyl adjacent to an activating group) is 1. The van der Waals surface area contributed by atoms with Gasteiger partial charge in [0, 0.05) is 13.6 Å². The minimum absolute atomic E-state index is 0.168. The molecule has 0 spiro atoms. The summed E-state index contributed by atoms with van der Waals surface area (Å²) in [6.07, 6.45) is 1.31. The zero-order chi connectivity index (χ0) is 14.3. The highest BCUT2D eigenvalue weighted by atomic mass is 35.5. The van der Waals surface area contributed by atoms with Crippen molar-refractivity contribution in [1.82, 2.24) is 4.98 Å². The van der Waals surface area contributed by atoms with Crippen molar-refractivity contribution < 1.29 is 8.42 Å². The van der Waals surface area contributed by atoms with Crippen molar-refractivity contribution in [2.75, 3.05) is 29.3 Å². The summed E-state index contributed by atoms with van der Waals surface area (Å²) in [5, 5.41) is 0. The van der Waals surface area contributed by atoms with E-state index in [0.29, 0.717) is 18.8 Å². The molecule has 1 aliphatic heterocycles. The molecule has 0 aliphatic carbocycles.